The summed E-state index contributed by atoms with van der Waals surface area (Å²) in [7, 11) is -3.31. The van der Waals surface area contributed by atoms with Crippen LogP contribution in [0.2, 0.25) is 0 Å². The molecule has 6 nitrogen and oxygen atoms in total. The van der Waals surface area contributed by atoms with E-state index in [9.17, 15) is 13.2 Å². The number of carbonyl (C=O) groups is 1. The number of carbonyl (C=O) groups excluding carboxylic acids is 1. The summed E-state index contributed by atoms with van der Waals surface area (Å²) >= 11 is 1.36. The zero-order valence-electron chi connectivity index (χ0n) is 15.5. The lowest BCUT2D eigenvalue weighted by Crippen LogP contribution is -2.14. The van der Waals surface area contributed by atoms with E-state index in [2.05, 4.69) is 15.0 Å². The van der Waals surface area contributed by atoms with E-state index in [4.69, 9.17) is 0 Å². The van der Waals surface area contributed by atoms with Crippen LogP contribution in [0.15, 0.2) is 60.0 Å². The maximum Gasteiger partial charge on any atom is 0.229 e. The second-order valence-corrected chi connectivity index (χ2v) is 9.16. The first-order valence-corrected chi connectivity index (χ1v) is 11.5. The molecule has 8 heteroatoms. The lowest BCUT2D eigenvalue weighted by molar-refractivity contribution is -0.116. The maximum atomic E-state index is 12.3. The molecule has 2 aromatic carbocycles. The third-order valence-electron chi connectivity index (χ3n) is 4.09. The number of hydrogen-bond acceptors (Lipinski definition) is 5. The molecular weight excluding hydrogens is 394 g/mol. The van der Waals surface area contributed by atoms with E-state index < -0.39 is 10.0 Å². The molecule has 28 heavy (non-hydrogen) atoms. The zero-order chi connectivity index (χ0) is 20.1. The van der Waals surface area contributed by atoms with Crippen LogP contribution in [-0.2, 0) is 14.8 Å². The fourth-order valence-corrected chi connectivity index (χ4v) is 4.03. The predicted octanol–water partition coefficient (Wildman–Crippen LogP) is 4.31. The number of rotatable bonds is 7. The van der Waals surface area contributed by atoms with Gasteiger partial charge in [-0.2, -0.15) is 0 Å². The second kappa shape index (κ2) is 8.53. The first-order chi connectivity index (χ1) is 13.3. The Balaban J connectivity index is 1.61. The summed E-state index contributed by atoms with van der Waals surface area (Å²) < 4.78 is 25.0. The number of thiazole rings is 1. The van der Waals surface area contributed by atoms with Gasteiger partial charge in [0.1, 0.15) is 0 Å². The van der Waals surface area contributed by atoms with E-state index in [0.717, 1.165) is 23.1 Å². The van der Waals surface area contributed by atoms with Crippen molar-refractivity contribution in [1.29, 1.82) is 0 Å². The van der Waals surface area contributed by atoms with Crippen molar-refractivity contribution in [2.75, 3.05) is 16.3 Å². The molecule has 0 aliphatic carbocycles. The van der Waals surface area contributed by atoms with Crippen LogP contribution in [-0.4, -0.2) is 25.6 Å². The summed E-state index contributed by atoms with van der Waals surface area (Å²) in [5.74, 6) is 0.0421. The van der Waals surface area contributed by atoms with E-state index in [1.807, 2.05) is 42.6 Å². The molecule has 3 rings (SSSR count). The van der Waals surface area contributed by atoms with Gasteiger partial charge in [0.05, 0.1) is 11.9 Å². The van der Waals surface area contributed by atoms with Gasteiger partial charge in [0.25, 0.3) is 0 Å². The highest BCUT2D eigenvalue weighted by Gasteiger charge is 2.13. The number of nitrogens with one attached hydrogen (secondary N) is 2. The molecule has 3 aromatic rings. The normalized spacial score (nSPS) is 12.4. The molecule has 0 aliphatic heterocycles. The van der Waals surface area contributed by atoms with Gasteiger partial charge in [-0.15, -0.1) is 11.3 Å². The van der Waals surface area contributed by atoms with Gasteiger partial charge >= 0.3 is 0 Å². The molecule has 0 spiro atoms. The summed E-state index contributed by atoms with van der Waals surface area (Å²) in [6.45, 7) is 2.02. The Morgan fingerprint density at radius 2 is 1.79 bits per heavy atom. The van der Waals surface area contributed by atoms with Crippen molar-refractivity contribution in [3.8, 4) is 11.3 Å². The number of amides is 1. The van der Waals surface area contributed by atoms with Gasteiger partial charge in [-0.3, -0.25) is 9.52 Å². The molecular formula is C20H21N3O3S2. The summed E-state index contributed by atoms with van der Waals surface area (Å²) in [6.07, 6.45) is 1.49. The van der Waals surface area contributed by atoms with Gasteiger partial charge in [0, 0.05) is 23.1 Å². The van der Waals surface area contributed by atoms with Gasteiger partial charge in [-0.05, 0) is 23.6 Å². The molecule has 1 amide bonds. The standard InChI is InChI=1S/C20H21N3O3S2/c1-14(15-6-4-3-5-7-15)12-19(24)22-20-21-18(13-27-20)16-8-10-17(11-9-16)23-28(2,25)26/h3-11,13-14,23H,12H2,1-2H3,(H,21,22,24). The quantitative estimate of drug-likeness (QED) is 0.602. The molecule has 0 saturated carbocycles. The van der Waals surface area contributed by atoms with E-state index in [1.165, 1.54) is 11.3 Å². The van der Waals surface area contributed by atoms with Crippen LogP contribution >= 0.6 is 11.3 Å². The minimum absolute atomic E-state index is 0.0787. The lowest BCUT2D eigenvalue weighted by atomic mass is 9.98. The minimum Gasteiger partial charge on any atom is -0.302 e. The maximum absolute atomic E-state index is 12.3. The van der Waals surface area contributed by atoms with Gasteiger partial charge in [-0.1, -0.05) is 49.4 Å². The molecule has 0 bridgehead atoms. The molecule has 0 radical (unpaired) electrons. The highest BCUT2D eigenvalue weighted by atomic mass is 32.2. The van der Waals surface area contributed by atoms with Crippen LogP contribution in [0.4, 0.5) is 10.8 Å². The topological polar surface area (TPSA) is 88.2 Å². The number of benzene rings is 2. The number of anilines is 2. The molecule has 1 unspecified atom stereocenters. The number of hydrogen-bond donors (Lipinski definition) is 2. The minimum atomic E-state index is -3.31. The van der Waals surface area contributed by atoms with Crippen molar-refractivity contribution in [2.45, 2.75) is 19.3 Å². The SMILES string of the molecule is CC(CC(=O)Nc1nc(-c2ccc(NS(C)(=O)=O)cc2)cs1)c1ccccc1. The van der Waals surface area contributed by atoms with Crippen molar-refractivity contribution in [1.82, 2.24) is 4.98 Å². The van der Waals surface area contributed by atoms with E-state index in [0.29, 0.717) is 17.2 Å². The van der Waals surface area contributed by atoms with Crippen LogP contribution in [0.1, 0.15) is 24.8 Å². The van der Waals surface area contributed by atoms with Crippen LogP contribution in [0.3, 0.4) is 0 Å². The number of sulfonamides is 1. The zero-order valence-corrected chi connectivity index (χ0v) is 17.2. The molecule has 1 aromatic heterocycles. The van der Waals surface area contributed by atoms with Crippen molar-refractivity contribution in [2.24, 2.45) is 0 Å². The molecule has 0 fully saturated rings. The Hall–Kier alpha value is -2.71. The Morgan fingerprint density at radius 1 is 1.11 bits per heavy atom. The lowest BCUT2D eigenvalue weighted by Gasteiger charge is -2.10. The van der Waals surface area contributed by atoms with Crippen LogP contribution in [0, 0.1) is 0 Å². The van der Waals surface area contributed by atoms with Crippen LogP contribution in [0.5, 0.6) is 0 Å². The van der Waals surface area contributed by atoms with E-state index in [-0.39, 0.29) is 11.8 Å². The van der Waals surface area contributed by atoms with Crippen LogP contribution in [0.25, 0.3) is 11.3 Å². The Kier molecular flexibility index (Phi) is 6.11. The highest BCUT2D eigenvalue weighted by molar-refractivity contribution is 7.92. The van der Waals surface area contributed by atoms with Crippen molar-refractivity contribution in [3.63, 3.8) is 0 Å². The Labute approximate surface area is 168 Å². The summed E-state index contributed by atoms with van der Waals surface area (Å²) in [5, 5.41) is 5.25. The largest absolute Gasteiger partial charge is 0.302 e. The summed E-state index contributed by atoms with van der Waals surface area (Å²) in [5.41, 5.74) is 3.18. The summed E-state index contributed by atoms with van der Waals surface area (Å²) in [6, 6.07) is 16.8. The van der Waals surface area contributed by atoms with Gasteiger partial charge in [0.15, 0.2) is 5.13 Å². The third-order valence-corrected chi connectivity index (χ3v) is 5.46. The number of aromatic nitrogens is 1. The molecule has 0 saturated heterocycles. The summed E-state index contributed by atoms with van der Waals surface area (Å²) in [4.78, 5) is 16.8. The monoisotopic (exact) mass is 415 g/mol. The fraction of sp³-hybridized carbons (Fsp3) is 0.200. The fourth-order valence-electron chi connectivity index (χ4n) is 2.73. The predicted molar refractivity (Wildman–Crippen MR) is 114 cm³/mol. The molecule has 0 aliphatic rings. The number of nitrogens with zero attached hydrogens (tertiary/aromatic N) is 1. The Bertz CT molecular complexity index is 1050. The van der Waals surface area contributed by atoms with Crippen molar-refractivity contribution < 1.29 is 13.2 Å². The van der Waals surface area contributed by atoms with Crippen molar-refractivity contribution >= 4 is 38.1 Å². The molecule has 146 valence electrons. The van der Waals surface area contributed by atoms with Crippen LogP contribution < -0.4 is 10.0 Å². The van der Waals surface area contributed by atoms with E-state index in [1.54, 1.807) is 24.3 Å². The van der Waals surface area contributed by atoms with Gasteiger partial charge in [-0.25, -0.2) is 13.4 Å². The third kappa shape index (κ3) is 5.64. The average Bonchev–Trinajstić information content (AvgIpc) is 3.10. The highest BCUT2D eigenvalue weighted by Crippen LogP contribution is 2.27. The average molecular weight is 416 g/mol. The van der Waals surface area contributed by atoms with Gasteiger partial charge in [0.2, 0.25) is 15.9 Å². The van der Waals surface area contributed by atoms with Crippen molar-refractivity contribution in [3.05, 3.63) is 65.5 Å². The van der Waals surface area contributed by atoms with E-state index >= 15 is 0 Å². The molecule has 2 N–H and O–H groups in total. The first kappa shape index (κ1) is 20.0. The molecule has 1 atom stereocenters. The second-order valence-electron chi connectivity index (χ2n) is 6.55. The Morgan fingerprint density at radius 3 is 2.43 bits per heavy atom. The first-order valence-electron chi connectivity index (χ1n) is 8.69. The van der Waals surface area contributed by atoms with Gasteiger partial charge < -0.3 is 5.32 Å². The molecule has 1 heterocycles. The smallest absolute Gasteiger partial charge is 0.229 e.